The van der Waals surface area contributed by atoms with E-state index < -0.39 is 12.3 Å². The van der Waals surface area contributed by atoms with E-state index in [9.17, 15) is 4.79 Å². The van der Waals surface area contributed by atoms with E-state index in [1.165, 1.54) is 7.11 Å². The highest BCUT2D eigenvalue weighted by Gasteiger charge is 1.98. The summed E-state index contributed by atoms with van der Waals surface area (Å²) < 4.78 is 4.62. The maximum atomic E-state index is 9.25. The van der Waals surface area contributed by atoms with Crippen molar-refractivity contribution < 1.29 is 24.9 Å². The van der Waals surface area contributed by atoms with E-state index in [0.717, 1.165) is 25.3 Å². The maximum absolute atomic E-state index is 9.25. The van der Waals surface area contributed by atoms with Gasteiger partial charge in [0.1, 0.15) is 0 Å². The fourth-order valence-electron chi connectivity index (χ4n) is 0.725. The van der Waals surface area contributed by atoms with Crippen LogP contribution in [0.1, 0.15) is 25.7 Å². The summed E-state index contributed by atoms with van der Waals surface area (Å²) in [6.07, 6.45) is 3.55. The Kier molecular flexibility index (Phi) is 14.4. The van der Waals surface area contributed by atoms with Gasteiger partial charge in [-0.05, 0) is 19.3 Å². The predicted octanol–water partition coefficient (Wildman–Crippen LogP) is 0.761. The molecule has 0 fully saturated rings. The predicted molar refractivity (Wildman–Crippen MR) is 56.4 cm³/mol. The van der Waals surface area contributed by atoms with Crippen molar-refractivity contribution in [3.63, 3.8) is 0 Å². The number of hydrogen-bond acceptors (Lipinski definition) is 4. The van der Waals surface area contributed by atoms with Crippen LogP contribution in [0, 0.1) is 0 Å². The molecule has 0 aromatic rings. The third kappa shape index (κ3) is 19.5. The monoisotopic (exact) mass is 220 g/mol. The molecule has 0 aromatic heterocycles. The molecule has 1 unspecified atom stereocenters. The first-order valence-corrected chi connectivity index (χ1v) is 4.75. The lowest BCUT2D eigenvalue weighted by molar-refractivity contribution is -0.131. The highest BCUT2D eigenvalue weighted by Crippen LogP contribution is 2.02. The van der Waals surface area contributed by atoms with E-state index in [0.29, 0.717) is 6.42 Å². The molecule has 1 atom stereocenters. The lowest BCUT2D eigenvalue weighted by Crippen LogP contribution is -2.07. The minimum absolute atomic E-state index is 0.239. The van der Waals surface area contributed by atoms with E-state index in [4.69, 9.17) is 15.3 Å². The molecule has 5 nitrogen and oxygen atoms in total. The summed E-state index contributed by atoms with van der Waals surface area (Å²) in [6.45, 7) is 3.20. The Hall–Kier alpha value is -0.910. The fourth-order valence-corrected chi connectivity index (χ4v) is 0.725. The average Bonchev–Trinajstić information content (AvgIpc) is 2.24. The van der Waals surface area contributed by atoms with E-state index in [2.05, 4.69) is 11.3 Å². The van der Waals surface area contributed by atoms with Gasteiger partial charge >= 0.3 is 5.97 Å². The van der Waals surface area contributed by atoms with Crippen LogP contribution < -0.4 is 0 Å². The molecule has 0 spiro atoms. The van der Waals surface area contributed by atoms with Crippen LogP contribution in [0.3, 0.4) is 0 Å². The highest BCUT2D eigenvalue weighted by atomic mass is 16.6. The van der Waals surface area contributed by atoms with Crippen molar-refractivity contribution in [3.8, 4) is 0 Å². The number of unbranched alkanes of at least 4 members (excludes halogenated alkanes) is 2. The summed E-state index contributed by atoms with van der Waals surface area (Å²) >= 11 is 0. The SMILES string of the molecule is C=CC(=O)O.COC(O)CCCCCO. The first-order chi connectivity index (χ1) is 7.08. The molecule has 0 amide bonds. The summed E-state index contributed by atoms with van der Waals surface area (Å²) in [6, 6.07) is 0. The van der Waals surface area contributed by atoms with Crippen molar-refractivity contribution in [2.45, 2.75) is 32.0 Å². The van der Waals surface area contributed by atoms with Gasteiger partial charge < -0.3 is 20.1 Å². The number of aliphatic carboxylic acids is 1. The van der Waals surface area contributed by atoms with Crippen LogP contribution in [0.25, 0.3) is 0 Å². The largest absolute Gasteiger partial charge is 0.478 e. The average molecular weight is 220 g/mol. The molecule has 0 rings (SSSR count). The van der Waals surface area contributed by atoms with Gasteiger partial charge in [-0.2, -0.15) is 0 Å². The van der Waals surface area contributed by atoms with Crippen molar-refractivity contribution in [2.24, 2.45) is 0 Å². The van der Waals surface area contributed by atoms with Crippen LogP contribution in [-0.4, -0.2) is 41.3 Å². The molecular formula is C10H20O5. The van der Waals surface area contributed by atoms with Gasteiger partial charge in [0, 0.05) is 19.8 Å². The number of carboxylic acid groups (broad SMARTS) is 1. The van der Waals surface area contributed by atoms with Gasteiger partial charge in [-0.25, -0.2) is 4.79 Å². The molecule has 0 aliphatic rings. The summed E-state index contributed by atoms with van der Waals surface area (Å²) in [4.78, 5) is 9.25. The van der Waals surface area contributed by atoms with Crippen LogP contribution in [0.4, 0.5) is 0 Å². The van der Waals surface area contributed by atoms with Crippen molar-refractivity contribution in [3.05, 3.63) is 12.7 Å². The third-order valence-corrected chi connectivity index (χ3v) is 1.56. The molecule has 0 heterocycles. The molecule has 15 heavy (non-hydrogen) atoms. The van der Waals surface area contributed by atoms with Crippen molar-refractivity contribution in [1.82, 2.24) is 0 Å². The zero-order valence-electron chi connectivity index (χ0n) is 9.06. The molecule has 90 valence electrons. The van der Waals surface area contributed by atoms with E-state index in [1.54, 1.807) is 0 Å². The second kappa shape index (κ2) is 13.1. The second-order valence-electron chi connectivity index (χ2n) is 2.81. The van der Waals surface area contributed by atoms with E-state index in [1.807, 2.05) is 0 Å². The van der Waals surface area contributed by atoms with E-state index >= 15 is 0 Å². The lowest BCUT2D eigenvalue weighted by atomic mass is 10.2. The zero-order chi connectivity index (χ0) is 12.1. The quantitative estimate of drug-likeness (QED) is 0.335. The minimum Gasteiger partial charge on any atom is -0.478 e. The van der Waals surface area contributed by atoms with Crippen LogP contribution >= 0.6 is 0 Å². The normalized spacial score (nSPS) is 11.1. The smallest absolute Gasteiger partial charge is 0.327 e. The molecule has 0 aromatic carbocycles. The van der Waals surface area contributed by atoms with Gasteiger partial charge in [0.15, 0.2) is 6.29 Å². The molecule has 0 saturated heterocycles. The molecule has 0 saturated carbocycles. The minimum atomic E-state index is -0.981. The summed E-state index contributed by atoms with van der Waals surface area (Å²) in [5, 5.41) is 24.9. The van der Waals surface area contributed by atoms with Crippen LogP contribution in [0.2, 0.25) is 0 Å². The van der Waals surface area contributed by atoms with Gasteiger partial charge in [0.2, 0.25) is 0 Å². The highest BCUT2D eigenvalue weighted by molar-refractivity contribution is 5.78. The first kappa shape index (κ1) is 16.5. The van der Waals surface area contributed by atoms with Gasteiger partial charge in [-0.15, -0.1) is 0 Å². The van der Waals surface area contributed by atoms with Crippen molar-refractivity contribution in [1.29, 1.82) is 0 Å². The number of carboxylic acids is 1. The number of rotatable bonds is 7. The summed E-state index contributed by atoms with van der Waals surface area (Å²) in [5.41, 5.74) is 0. The fraction of sp³-hybridized carbons (Fsp3) is 0.700. The van der Waals surface area contributed by atoms with Crippen LogP contribution in [0.5, 0.6) is 0 Å². The summed E-state index contributed by atoms with van der Waals surface area (Å²) in [5.74, 6) is -0.981. The maximum Gasteiger partial charge on any atom is 0.327 e. The Morgan fingerprint density at radius 3 is 2.33 bits per heavy atom. The number of ether oxygens (including phenoxy) is 1. The number of methoxy groups -OCH3 is 1. The first-order valence-electron chi connectivity index (χ1n) is 4.75. The van der Waals surface area contributed by atoms with Gasteiger partial charge in [0.25, 0.3) is 0 Å². The Morgan fingerprint density at radius 1 is 1.47 bits per heavy atom. The number of aliphatic hydroxyl groups is 2. The van der Waals surface area contributed by atoms with Gasteiger partial charge in [-0.3, -0.25) is 0 Å². The third-order valence-electron chi connectivity index (χ3n) is 1.56. The summed E-state index contributed by atoms with van der Waals surface area (Å²) in [7, 11) is 1.48. The van der Waals surface area contributed by atoms with Gasteiger partial charge in [0.05, 0.1) is 0 Å². The number of carbonyl (C=O) groups is 1. The second-order valence-corrected chi connectivity index (χ2v) is 2.81. The zero-order valence-corrected chi connectivity index (χ0v) is 9.06. The standard InChI is InChI=1S/C7H16O3.C3H4O2/c1-10-7(9)5-3-2-4-6-8;1-2-3(4)5/h7-9H,2-6H2,1H3;2H,1H2,(H,4,5). The van der Waals surface area contributed by atoms with Gasteiger partial charge in [-0.1, -0.05) is 13.0 Å². The van der Waals surface area contributed by atoms with Crippen LogP contribution in [-0.2, 0) is 9.53 Å². The lowest BCUT2D eigenvalue weighted by Gasteiger charge is -2.06. The van der Waals surface area contributed by atoms with E-state index in [-0.39, 0.29) is 6.61 Å². The van der Waals surface area contributed by atoms with Crippen molar-refractivity contribution >= 4 is 5.97 Å². The Balaban J connectivity index is 0. The Labute approximate surface area is 90.0 Å². The molecule has 0 bridgehead atoms. The van der Waals surface area contributed by atoms with Crippen molar-refractivity contribution in [2.75, 3.05) is 13.7 Å². The Bertz CT molecular complexity index is 158. The molecule has 5 heteroatoms. The van der Waals surface area contributed by atoms with Crippen LogP contribution in [0.15, 0.2) is 12.7 Å². The molecule has 0 aliphatic carbocycles. The number of aliphatic hydroxyl groups excluding tert-OH is 2. The topological polar surface area (TPSA) is 87.0 Å². The Morgan fingerprint density at radius 2 is 2.00 bits per heavy atom. The molecule has 0 radical (unpaired) electrons. The molecule has 3 N–H and O–H groups in total. The number of hydrogen-bond donors (Lipinski definition) is 3. The molecular weight excluding hydrogens is 200 g/mol. The molecule has 0 aliphatic heterocycles.